The van der Waals surface area contributed by atoms with Gasteiger partial charge in [-0.05, 0) is 0 Å². The number of anilines is 1. The molecule has 2 rings (SSSR count). The summed E-state index contributed by atoms with van der Waals surface area (Å²) in [6.07, 6.45) is -2.83. The van der Waals surface area contributed by atoms with Gasteiger partial charge in [-0.1, -0.05) is 0 Å². The van der Waals surface area contributed by atoms with Gasteiger partial charge in [0.25, 0.3) is 0 Å². The number of aromatic nitrogens is 3. The molecule has 160 valence electrons. The zero-order chi connectivity index (χ0) is 21.3. The molecule has 2 heterocycles. The molecule has 3 unspecified atom stereocenters. The number of phosphoric ester groups is 1. The van der Waals surface area contributed by atoms with E-state index < -0.39 is 54.2 Å². The predicted molar refractivity (Wildman–Crippen MR) is 85.1 cm³/mol. The first-order chi connectivity index (χ1) is 12.7. The van der Waals surface area contributed by atoms with Crippen LogP contribution in [0.5, 0.6) is 0 Å². The van der Waals surface area contributed by atoms with Gasteiger partial charge in [0, 0.05) is 6.42 Å². The van der Waals surface area contributed by atoms with Gasteiger partial charge in [-0.3, -0.25) is 9.09 Å². The molecule has 1 saturated heterocycles. The Morgan fingerprint density at radius 1 is 1.21 bits per heavy atom. The minimum Gasteiger partial charge on any atom is -0.390 e. The number of ether oxygens (including phenoxy) is 1. The second-order valence-electron chi connectivity index (χ2n) is 5.22. The molecule has 20 heteroatoms. The number of nitrogens with zero attached hydrogens (tertiary/aromatic N) is 3. The Balaban J connectivity index is 1.98. The number of rotatable bonds is 8. The maximum Gasteiger partial charge on any atom is 0.490 e. The molecule has 1 aliphatic rings. The van der Waals surface area contributed by atoms with Crippen LogP contribution in [0.3, 0.4) is 0 Å². The number of aliphatic hydroxyl groups is 1. The van der Waals surface area contributed by atoms with Gasteiger partial charge in [0.05, 0.1) is 12.7 Å². The van der Waals surface area contributed by atoms with Crippen molar-refractivity contribution in [3.05, 3.63) is 16.8 Å². The summed E-state index contributed by atoms with van der Waals surface area (Å²) in [7, 11) is -16.5. The minimum atomic E-state index is -5.66. The van der Waals surface area contributed by atoms with Gasteiger partial charge >= 0.3 is 29.2 Å². The van der Waals surface area contributed by atoms with Crippen LogP contribution in [0.15, 0.2) is 11.1 Å². The fourth-order valence-electron chi connectivity index (χ4n) is 2.06. The number of hydrogen-bond acceptors (Lipinski definition) is 12. The largest absolute Gasteiger partial charge is 0.490 e. The Morgan fingerprint density at radius 2 is 1.86 bits per heavy atom. The third-order valence-electron chi connectivity index (χ3n) is 3.08. The van der Waals surface area contributed by atoms with E-state index in [1.54, 1.807) is 0 Å². The molecule has 7 N–H and O–H groups in total. The van der Waals surface area contributed by atoms with Crippen LogP contribution in [0, 0.1) is 0 Å². The van der Waals surface area contributed by atoms with Crippen molar-refractivity contribution < 1.29 is 56.3 Å². The van der Waals surface area contributed by atoms with Gasteiger partial charge in [0.15, 0.2) is 0 Å². The van der Waals surface area contributed by atoms with Crippen LogP contribution in [-0.2, 0) is 31.6 Å². The summed E-state index contributed by atoms with van der Waals surface area (Å²) in [5.41, 5.74) is 4.41. The molecule has 0 radical (unpaired) electrons. The second-order valence-corrected chi connectivity index (χ2v) is 9.64. The monoisotopic (exact) mass is 468 g/mol. The van der Waals surface area contributed by atoms with Gasteiger partial charge in [-0.25, -0.2) is 23.5 Å². The van der Waals surface area contributed by atoms with Crippen molar-refractivity contribution in [3.8, 4) is 0 Å². The molecular formula is C8H15N4O13P3. The van der Waals surface area contributed by atoms with Crippen molar-refractivity contribution in [2.24, 2.45) is 0 Å². The Kier molecular flexibility index (Phi) is 6.93. The predicted octanol–water partition coefficient (Wildman–Crippen LogP) is -1.79. The lowest BCUT2D eigenvalue weighted by Gasteiger charge is -2.19. The van der Waals surface area contributed by atoms with E-state index in [1.807, 2.05) is 0 Å². The summed E-state index contributed by atoms with van der Waals surface area (Å²) in [5.74, 6) is -0.288. The molecule has 0 aromatic carbocycles. The maximum atomic E-state index is 11.7. The SMILES string of the molecule is Nc1ncn([C@H]2CC(O)[C@@H](COP(=O)(O)OP(=O)(O)OP(=O)(O)O)O2)c(=O)n1. The van der Waals surface area contributed by atoms with Gasteiger partial charge in [-0.2, -0.15) is 13.6 Å². The van der Waals surface area contributed by atoms with E-state index in [2.05, 4.69) is 23.1 Å². The van der Waals surface area contributed by atoms with Crippen LogP contribution in [-0.4, -0.2) is 58.0 Å². The first-order valence-corrected chi connectivity index (χ1v) is 11.5. The fraction of sp³-hybridized carbons (Fsp3) is 0.625. The average molecular weight is 468 g/mol. The Hall–Kier alpha value is -1.06. The fourth-order valence-corrected chi connectivity index (χ4v) is 5.09. The highest BCUT2D eigenvalue weighted by Gasteiger charge is 2.42. The molecule has 28 heavy (non-hydrogen) atoms. The molecule has 17 nitrogen and oxygen atoms in total. The van der Waals surface area contributed by atoms with E-state index in [0.29, 0.717) is 0 Å². The number of phosphoric acid groups is 3. The van der Waals surface area contributed by atoms with Crippen molar-refractivity contribution in [3.63, 3.8) is 0 Å². The van der Waals surface area contributed by atoms with Crippen LogP contribution in [0.1, 0.15) is 12.6 Å². The van der Waals surface area contributed by atoms with E-state index in [1.165, 1.54) is 0 Å². The Bertz CT molecular complexity index is 915. The van der Waals surface area contributed by atoms with Crippen LogP contribution in [0.4, 0.5) is 5.95 Å². The van der Waals surface area contributed by atoms with Crippen molar-refractivity contribution in [1.29, 1.82) is 0 Å². The molecule has 1 aromatic rings. The Labute approximate surface area is 155 Å². The van der Waals surface area contributed by atoms with Crippen molar-refractivity contribution in [2.45, 2.75) is 24.9 Å². The van der Waals surface area contributed by atoms with Crippen LogP contribution < -0.4 is 11.4 Å². The first-order valence-electron chi connectivity index (χ1n) is 7.00. The minimum absolute atomic E-state index is 0.169. The summed E-state index contributed by atoms with van der Waals surface area (Å²) in [4.78, 5) is 53.9. The average Bonchev–Trinajstić information content (AvgIpc) is 2.82. The second kappa shape index (κ2) is 8.36. The zero-order valence-electron chi connectivity index (χ0n) is 13.5. The lowest BCUT2D eigenvalue weighted by Crippen LogP contribution is -2.29. The van der Waals surface area contributed by atoms with E-state index in [9.17, 15) is 28.5 Å². The van der Waals surface area contributed by atoms with E-state index in [4.69, 9.17) is 25.2 Å². The molecule has 0 saturated carbocycles. The number of nitrogen functional groups attached to an aromatic ring is 1. The normalized spacial score (nSPS) is 27.2. The summed E-state index contributed by atoms with van der Waals surface area (Å²) < 4.78 is 51.0. The third-order valence-corrected chi connectivity index (χ3v) is 6.88. The molecular weight excluding hydrogens is 453 g/mol. The summed E-state index contributed by atoms with van der Waals surface area (Å²) in [6.45, 7) is -0.869. The summed E-state index contributed by atoms with van der Waals surface area (Å²) >= 11 is 0. The van der Waals surface area contributed by atoms with Gasteiger partial charge in [0.1, 0.15) is 18.7 Å². The van der Waals surface area contributed by atoms with Gasteiger partial charge < -0.3 is 35.2 Å². The molecule has 0 amide bonds. The molecule has 1 fully saturated rings. The smallest absolute Gasteiger partial charge is 0.390 e. The van der Waals surface area contributed by atoms with Crippen LogP contribution >= 0.6 is 23.5 Å². The van der Waals surface area contributed by atoms with Crippen LogP contribution in [0.25, 0.3) is 0 Å². The standard InChI is InChI=1S/C8H15N4O13P3/c9-7-10-3-12(8(14)11-7)6-1-4(13)5(23-6)2-22-27(18,19)25-28(20,21)24-26(15,16)17/h3-6,13H,1-2H2,(H,18,19)(H,20,21)(H2,9,11,14)(H2,15,16,17)/t4?,5-,6-/m1/s1. The van der Waals surface area contributed by atoms with Gasteiger partial charge in [-0.15, -0.1) is 0 Å². The summed E-state index contributed by atoms with van der Waals surface area (Å²) in [6, 6.07) is 0. The number of hydrogen-bond donors (Lipinski definition) is 6. The highest BCUT2D eigenvalue weighted by Crippen LogP contribution is 2.66. The number of aliphatic hydroxyl groups excluding tert-OH is 1. The first kappa shape index (κ1) is 23.2. The molecule has 0 spiro atoms. The maximum absolute atomic E-state index is 11.7. The molecule has 1 aliphatic heterocycles. The zero-order valence-corrected chi connectivity index (χ0v) is 16.2. The van der Waals surface area contributed by atoms with Gasteiger partial charge in [0.2, 0.25) is 5.95 Å². The van der Waals surface area contributed by atoms with Crippen molar-refractivity contribution in [2.75, 3.05) is 12.3 Å². The van der Waals surface area contributed by atoms with Crippen molar-refractivity contribution >= 4 is 29.4 Å². The number of nitrogens with two attached hydrogens (primary N) is 1. The molecule has 0 bridgehead atoms. The Morgan fingerprint density at radius 3 is 2.43 bits per heavy atom. The molecule has 1 aromatic heterocycles. The van der Waals surface area contributed by atoms with E-state index >= 15 is 0 Å². The highest BCUT2D eigenvalue weighted by molar-refractivity contribution is 7.66. The summed E-state index contributed by atoms with van der Waals surface area (Å²) in [5, 5.41) is 9.92. The van der Waals surface area contributed by atoms with E-state index in [0.717, 1.165) is 10.9 Å². The third kappa shape index (κ3) is 6.77. The van der Waals surface area contributed by atoms with Crippen LogP contribution in [0.2, 0.25) is 0 Å². The lowest BCUT2D eigenvalue weighted by molar-refractivity contribution is -0.0452. The topological polar surface area (TPSA) is 263 Å². The highest BCUT2D eigenvalue weighted by atomic mass is 31.3. The molecule has 5 atom stereocenters. The molecule has 0 aliphatic carbocycles. The lowest BCUT2D eigenvalue weighted by atomic mass is 10.2. The van der Waals surface area contributed by atoms with E-state index in [-0.39, 0.29) is 12.4 Å². The van der Waals surface area contributed by atoms with Crippen molar-refractivity contribution in [1.82, 2.24) is 14.5 Å². The quantitative estimate of drug-likeness (QED) is 0.230.